The van der Waals surface area contributed by atoms with Crippen LogP contribution in [0.1, 0.15) is 5.82 Å². The van der Waals surface area contributed by atoms with Gasteiger partial charge in [-0.3, -0.25) is 4.79 Å². The van der Waals surface area contributed by atoms with Gasteiger partial charge in [-0.2, -0.15) is 18.4 Å². The number of aliphatic carboxylic acids is 1. The minimum Gasteiger partial charge on any atom is -0.475 e. The average molecular weight is 481 g/mol. The second-order valence-corrected chi connectivity index (χ2v) is 7.43. The zero-order chi connectivity index (χ0) is 23.8. The molecule has 4 N–H and O–H groups in total. The number of benzene rings is 2. The molecule has 0 aliphatic rings. The Hall–Kier alpha value is -4.01. The van der Waals surface area contributed by atoms with Gasteiger partial charge in [0, 0.05) is 22.4 Å². The van der Waals surface area contributed by atoms with Gasteiger partial charge in [0.2, 0.25) is 0 Å². The number of H-pyrrole nitrogens is 3. The highest BCUT2D eigenvalue weighted by molar-refractivity contribution is 7.98. The first-order chi connectivity index (χ1) is 15.6. The van der Waals surface area contributed by atoms with Gasteiger partial charge >= 0.3 is 12.1 Å². The van der Waals surface area contributed by atoms with Crippen LogP contribution in [0.25, 0.3) is 32.6 Å². The van der Waals surface area contributed by atoms with Gasteiger partial charge in [-0.1, -0.05) is 17.0 Å². The predicted octanol–water partition coefficient (Wildman–Crippen LogP) is 3.14. The molecule has 0 saturated heterocycles. The van der Waals surface area contributed by atoms with Gasteiger partial charge in [0.15, 0.2) is 11.0 Å². The predicted molar refractivity (Wildman–Crippen MR) is 109 cm³/mol. The standard InChI is InChI=1S/C16H10FN7OS.C2HF3O2/c17-7-1-2-8-10(5-7)12-9(3-4-18-15(12)25)14-13(8)19-16(20-14)26-6-11-21-23-24-22-11;3-2(4,5)1(6)7/h1-5H,6H2,(H,18,25)(H,19,20)(H,21,22,23,24);(H,6,7). The van der Waals surface area contributed by atoms with Crippen LogP contribution in [0, 0.1) is 5.82 Å². The summed E-state index contributed by atoms with van der Waals surface area (Å²) < 4.78 is 45.6. The van der Waals surface area contributed by atoms with Crippen LogP contribution in [0.3, 0.4) is 0 Å². The Bertz CT molecular complexity index is 1530. The summed E-state index contributed by atoms with van der Waals surface area (Å²) in [6, 6.07) is 6.18. The molecule has 15 heteroatoms. The van der Waals surface area contributed by atoms with Crippen LogP contribution in [0.2, 0.25) is 0 Å². The number of carboxylic acids is 1. The number of aromatic nitrogens is 7. The lowest BCUT2D eigenvalue weighted by Crippen LogP contribution is -2.21. The van der Waals surface area contributed by atoms with E-state index in [1.165, 1.54) is 23.9 Å². The molecule has 0 fully saturated rings. The number of nitrogens with one attached hydrogen (secondary N) is 3. The van der Waals surface area contributed by atoms with E-state index < -0.39 is 18.0 Å². The highest BCUT2D eigenvalue weighted by Gasteiger charge is 2.38. The maximum Gasteiger partial charge on any atom is 0.490 e. The van der Waals surface area contributed by atoms with E-state index >= 15 is 0 Å². The molecule has 0 amide bonds. The van der Waals surface area contributed by atoms with E-state index in [2.05, 4.69) is 35.6 Å². The second kappa shape index (κ2) is 8.50. The van der Waals surface area contributed by atoms with Crippen molar-refractivity contribution in [3.63, 3.8) is 0 Å². The first-order valence-electron chi connectivity index (χ1n) is 8.92. The van der Waals surface area contributed by atoms with Crippen LogP contribution in [0.15, 0.2) is 40.4 Å². The van der Waals surface area contributed by atoms with E-state index in [1.807, 2.05) is 0 Å². The fraction of sp³-hybridized carbons (Fsp3) is 0.111. The van der Waals surface area contributed by atoms with Crippen LogP contribution in [0.5, 0.6) is 0 Å². The molecule has 0 aliphatic carbocycles. The number of fused-ring (bicyclic) bond motifs is 6. The number of alkyl halides is 3. The van der Waals surface area contributed by atoms with Crippen molar-refractivity contribution in [3.05, 3.63) is 52.5 Å². The monoisotopic (exact) mass is 481 g/mol. The number of nitrogens with zero attached hydrogens (tertiary/aromatic N) is 4. The Balaban J connectivity index is 0.000000325. The highest BCUT2D eigenvalue weighted by atomic mass is 32.2. The van der Waals surface area contributed by atoms with E-state index in [9.17, 15) is 22.4 Å². The number of imidazole rings is 1. The minimum atomic E-state index is -5.08. The lowest BCUT2D eigenvalue weighted by atomic mass is 10.0. The number of pyridine rings is 1. The third kappa shape index (κ3) is 4.48. The number of carbonyl (C=O) groups is 1. The summed E-state index contributed by atoms with van der Waals surface area (Å²) >= 11 is 1.42. The zero-order valence-corrected chi connectivity index (χ0v) is 16.9. The summed E-state index contributed by atoms with van der Waals surface area (Å²) in [5.41, 5.74) is 1.15. The Morgan fingerprint density at radius 1 is 1.15 bits per heavy atom. The van der Waals surface area contributed by atoms with E-state index in [0.29, 0.717) is 38.4 Å². The summed E-state index contributed by atoms with van der Waals surface area (Å²) in [6.45, 7) is 0. The minimum absolute atomic E-state index is 0.274. The number of rotatable bonds is 3. The van der Waals surface area contributed by atoms with Crippen LogP contribution in [-0.4, -0.2) is 52.8 Å². The Morgan fingerprint density at radius 2 is 1.91 bits per heavy atom. The van der Waals surface area contributed by atoms with Crippen molar-refractivity contribution in [3.8, 4) is 0 Å². The van der Waals surface area contributed by atoms with Crippen molar-refractivity contribution >= 4 is 50.3 Å². The number of hydrogen-bond acceptors (Lipinski definition) is 7. The first kappa shape index (κ1) is 22.2. The highest BCUT2D eigenvalue weighted by Crippen LogP contribution is 2.34. The van der Waals surface area contributed by atoms with Crippen LogP contribution in [0.4, 0.5) is 17.6 Å². The number of thioether (sulfide) groups is 1. The van der Waals surface area contributed by atoms with E-state index in [1.54, 1.807) is 18.3 Å². The Kier molecular flexibility index (Phi) is 5.71. The molecule has 5 rings (SSSR count). The summed E-state index contributed by atoms with van der Waals surface area (Å²) in [4.78, 5) is 31.8. The molecule has 0 bridgehead atoms. The van der Waals surface area contributed by atoms with Gasteiger partial charge in [0.05, 0.1) is 22.2 Å². The van der Waals surface area contributed by atoms with Crippen molar-refractivity contribution in [2.75, 3.05) is 0 Å². The topological polar surface area (TPSA) is 153 Å². The third-order valence-electron chi connectivity index (χ3n) is 4.39. The second-order valence-electron chi connectivity index (χ2n) is 6.47. The van der Waals surface area contributed by atoms with E-state index in [-0.39, 0.29) is 5.56 Å². The van der Waals surface area contributed by atoms with Crippen molar-refractivity contribution in [2.45, 2.75) is 17.1 Å². The van der Waals surface area contributed by atoms with Crippen molar-refractivity contribution in [1.82, 2.24) is 35.6 Å². The summed E-state index contributed by atoms with van der Waals surface area (Å²) in [5.74, 6) is -2.11. The molecule has 170 valence electrons. The Labute approximate surface area is 183 Å². The van der Waals surface area contributed by atoms with Crippen molar-refractivity contribution < 1.29 is 27.5 Å². The molecule has 0 spiro atoms. The van der Waals surface area contributed by atoms with Crippen LogP contribution < -0.4 is 5.56 Å². The molecule has 10 nitrogen and oxygen atoms in total. The molecule has 0 unspecified atom stereocenters. The largest absolute Gasteiger partial charge is 0.490 e. The number of tetrazole rings is 1. The molecular weight excluding hydrogens is 470 g/mol. The van der Waals surface area contributed by atoms with Gasteiger partial charge in [0.25, 0.3) is 5.56 Å². The summed E-state index contributed by atoms with van der Waals surface area (Å²) in [6.07, 6.45) is -3.52. The fourth-order valence-electron chi connectivity index (χ4n) is 3.07. The molecule has 3 heterocycles. The van der Waals surface area contributed by atoms with Gasteiger partial charge in [-0.05, 0) is 24.3 Å². The molecule has 0 aliphatic heterocycles. The smallest absolute Gasteiger partial charge is 0.475 e. The van der Waals surface area contributed by atoms with Gasteiger partial charge in [0.1, 0.15) is 5.82 Å². The molecule has 3 aromatic heterocycles. The van der Waals surface area contributed by atoms with Gasteiger partial charge < -0.3 is 15.1 Å². The normalized spacial score (nSPS) is 11.6. The molecule has 5 aromatic rings. The SMILES string of the molecule is O=C(O)C(F)(F)F.O=c1[nH]ccc2c3nc(SCc4nn[nH]n4)[nH]c3c3ccc(F)cc3c12. The molecule has 33 heavy (non-hydrogen) atoms. The van der Waals surface area contributed by atoms with E-state index in [0.717, 1.165) is 10.9 Å². The quantitative estimate of drug-likeness (QED) is 0.174. The zero-order valence-electron chi connectivity index (χ0n) is 16.1. The lowest BCUT2D eigenvalue weighted by Gasteiger charge is -2.05. The third-order valence-corrected chi connectivity index (χ3v) is 5.26. The van der Waals surface area contributed by atoms with Crippen LogP contribution in [-0.2, 0) is 10.5 Å². The maximum absolute atomic E-state index is 13.8. The van der Waals surface area contributed by atoms with Crippen molar-refractivity contribution in [1.29, 1.82) is 0 Å². The van der Waals surface area contributed by atoms with Gasteiger partial charge in [-0.15, -0.1) is 10.2 Å². The summed E-state index contributed by atoms with van der Waals surface area (Å²) in [7, 11) is 0. The number of aromatic amines is 3. The molecule has 2 aromatic carbocycles. The number of carboxylic acid groups (broad SMARTS) is 1. The molecular formula is C18H11F4N7O3S. The number of hydrogen-bond donors (Lipinski definition) is 4. The first-order valence-corrected chi connectivity index (χ1v) is 9.91. The van der Waals surface area contributed by atoms with E-state index in [4.69, 9.17) is 9.90 Å². The van der Waals surface area contributed by atoms with Crippen molar-refractivity contribution in [2.24, 2.45) is 0 Å². The maximum atomic E-state index is 13.8. The Morgan fingerprint density at radius 3 is 2.58 bits per heavy atom. The summed E-state index contributed by atoms with van der Waals surface area (Å²) in [5, 5.41) is 23.9. The molecule has 0 radical (unpaired) electrons. The average Bonchev–Trinajstić information content (AvgIpc) is 3.42. The van der Waals surface area contributed by atoms with Gasteiger partial charge in [-0.25, -0.2) is 14.2 Å². The number of halogens is 4. The lowest BCUT2D eigenvalue weighted by molar-refractivity contribution is -0.192. The fourth-order valence-corrected chi connectivity index (χ4v) is 3.79. The molecule has 0 saturated carbocycles. The van der Waals surface area contributed by atoms with Crippen LogP contribution >= 0.6 is 11.8 Å². The molecule has 0 atom stereocenters.